The van der Waals surface area contributed by atoms with Crippen LogP contribution in [0.3, 0.4) is 0 Å². The lowest BCUT2D eigenvalue weighted by Gasteiger charge is -1.92. The molecular formula is C10H9BrN2O2S. The van der Waals surface area contributed by atoms with E-state index in [0.29, 0.717) is 5.75 Å². The highest BCUT2D eigenvalue weighted by Crippen LogP contribution is 2.15. The fourth-order valence-corrected chi connectivity index (χ4v) is 2.31. The second-order valence-electron chi connectivity index (χ2n) is 3.23. The number of imidazole rings is 1. The van der Waals surface area contributed by atoms with Crippen molar-refractivity contribution in [3.63, 3.8) is 0 Å². The van der Waals surface area contributed by atoms with Gasteiger partial charge in [0.05, 0.1) is 11.4 Å². The Balaban J connectivity index is 2.10. The third kappa shape index (κ3) is 2.76. The second kappa shape index (κ2) is 4.88. The molecule has 0 atom stereocenters. The number of halogens is 1. The molecule has 2 aromatic heterocycles. The van der Waals surface area contributed by atoms with E-state index in [4.69, 9.17) is 5.11 Å². The second-order valence-corrected chi connectivity index (χ2v) is 5.13. The number of nitrogens with zero attached hydrogens (tertiary/aromatic N) is 2. The normalized spacial score (nSPS) is 10.8. The number of pyridine rings is 1. The van der Waals surface area contributed by atoms with Gasteiger partial charge in [-0.3, -0.25) is 4.79 Å². The average molecular weight is 301 g/mol. The molecule has 6 heteroatoms. The van der Waals surface area contributed by atoms with Crippen LogP contribution in [0, 0.1) is 0 Å². The summed E-state index contributed by atoms with van der Waals surface area (Å²) < 4.78 is 2.91. The van der Waals surface area contributed by atoms with Crippen molar-refractivity contribution in [2.24, 2.45) is 0 Å². The summed E-state index contributed by atoms with van der Waals surface area (Å²) in [6.45, 7) is 0. The van der Waals surface area contributed by atoms with Crippen molar-refractivity contribution in [3.05, 3.63) is 34.7 Å². The van der Waals surface area contributed by atoms with Crippen LogP contribution in [0.25, 0.3) is 5.65 Å². The highest BCUT2D eigenvalue weighted by molar-refractivity contribution is 9.10. The number of hydrogen-bond acceptors (Lipinski definition) is 3. The topological polar surface area (TPSA) is 54.6 Å². The summed E-state index contributed by atoms with van der Waals surface area (Å²) in [5, 5.41) is 8.52. The highest BCUT2D eigenvalue weighted by Gasteiger charge is 2.03. The first kappa shape index (κ1) is 11.5. The molecule has 2 rings (SSSR count). The third-order valence-corrected chi connectivity index (χ3v) is 3.36. The molecule has 0 aliphatic rings. The summed E-state index contributed by atoms with van der Waals surface area (Å²) in [7, 11) is 0. The van der Waals surface area contributed by atoms with Crippen LogP contribution in [0.15, 0.2) is 29.0 Å². The molecule has 0 aliphatic heterocycles. The Hall–Kier alpha value is -1.01. The van der Waals surface area contributed by atoms with E-state index in [1.807, 2.05) is 28.9 Å². The predicted octanol–water partition coefficient (Wildman–Crippen LogP) is 2.41. The van der Waals surface area contributed by atoms with Crippen LogP contribution in [0.1, 0.15) is 5.69 Å². The summed E-state index contributed by atoms with van der Waals surface area (Å²) in [6, 6.07) is 3.84. The van der Waals surface area contributed by atoms with Crippen LogP contribution in [0.5, 0.6) is 0 Å². The number of thioether (sulfide) groups is 1. The van der Waals surface area contributed by atoms with Crippen molar-refractivity contribution >= 4 is 39.3 Å². The predicted molar refractivity (Wildman–Crippen MR) is 66.7 cm³/mol. The molecule has 16 heavy (non-hydrogen) atoms. The fraction of sp³-hybridized carbons (Fsp3) is 0.200. The number of carboxylic acids is 1. The minimum Gasteiger partial charge on any atom is -0.481 e. The molecule has 0 unspecified atom stereocenters. The van der Waals surface area contributed by atoms with Gasteiger partial charge in [-0.05, 0) is 28.1 Å². The van der Waals surface area contributed by atoms with Crippen molar-refractivity contribution in [3.8, 4) is 0 Å². The molecule has 0 aliphatic carbocycles. The largest absolute Gasteiger partial charge is 0.481 e. The molecular weight excluding hydrogens is 292 g/mol. The van der Waals surface area contributed by atoms with E-state index in [-0.39, 0.29) is 5.75 Å². The minimum absolute atomic E-state index is 0.109. The van der Waals surface area contributed by atoms with Gasteiger partial charge in [-0.15, -0.1) is 11.8 Å². The zero-order valence-corrected chi connectivity index (χ0v) is 10.7. The zero-order chi connectivity index (χ0) is 11.5. The van der Waals surface area contributed by atoms with Gasteiger partial charge in [0.2, 0.25) is 0 Å². The van der Waals surface area contributed by atoms with Crippen LogP contribution in [0.2, 0.25) is 0 Å². The SMILES string of the molecule is O=C(O)CSCc1cn2cc(Br)ccc2n1. The van der Waals surface area contributed by atoms with Gasteiger partial charge < -0.3 is 9.51 Å². The molecule has 0 radical (unpaired) electrons. The summed E-state index contributed by atoms with van der Waals surface area (Å²) in [5.41, 5.74) is 1.76. The lowest BCUT2D eigenvalue weighted by molar-refractivity contribution is -0.133. The summed E-state index contributed by atoms with van der Waals surface area (Å²) in [5.74, 6) is -0.0695. The Morgan fingerprint density at radius 3 is 3.06 bits per heavy atom. The van der Waals surface area contributed by atoms with Gasteiger partial charge in [0.1, 0.15) is 5.65 Å². The van der Waals surface area contributed by atoms with Crippen molar-refractivity contribution in [2.75, 3.05) is 5.75 Å². The van der Waals surface area contributed by atoms with Crippen molar-refractivity contribution in [2.45, 2.75) is 5.75 Å². The number of rotatable bonds is 4. The quantitative estimate of drug-likeness (QED) is 0.942. The van der Waals surface area contributed by atoms with Gasteiger partial charge in [-0.1, -0.05) is 0 Å². The molecule has 2 aromatic rings. The number of hydrogen-bond donors (Lipinski definition) is 1. The fourth-order valence-electron chi connectivity index (χ4n) is 1.33. The minimum atomic E-state index is -0.795. The first-order chi connectivity index (χ1) is 7.65. The van der Waals surface area contributed by atoms with Gasteiger partial charge in [0, 0.05) is 22.6 Å². The smallest absolute Gasteiger partial charge is 0.313 e. The van der Waals surface area contributed by atoms with Crippen LogP contribution in [0.4, 0.5) is 0 Å². The first-order valence-electron chi connectivity index (χ1n) is 4.58. The van der Waals surface area contributed by atoms with E-state index in [1.165, 1.54) is 11.8 Å². The van der Waals surface area contributed by atoms with Crippen molar-refractivity contribution in [1.82, 2.24) is 9.38 Å². The van der Waals surface area contributed by atoms with Crippen LogP contribution in [-0.4, -0.2) is 26.2 Å². The van der Waals surface area contributed by atoms with Gasteiger partial charge in [-0.25, -0.2) is 4.98 Å². The van der Waals surface area contributed by atoms with E-state index in [2.05, 4.69) is 20.9 Å². The van der Waals surface area contributed by atoms with Crippen LogP contribution >= 0.6 is 27.7 Å². The van der Waals surface area contributed by atoms with Gasteiger partial charge in [0.15, 0.2) is 0 Å². The van der Waals surface area contributed by atoms with Crippen LogP contribution < -0.4 is 0 Å². The lowest BCUT2D eigenvalue weighted by Crippen LogP contribution is -1.98. The number of carbonyl (C=O) groups is 1. The molecule has 0 spiro atoms. The Labute approximate surface area is 105 Å². The Kier molecular flexibility index (Phi) is 3.50. The Bertz CT molecular complexity index is 527. The van der Waals surface area contributed by atoms with Crippen LogP contribution in [-0.2, 0) is 10.5 Å². The van der Waals surface area contributed by atoms with Crippen molar-refractivity contribution in [1.29, 1.82) is 0 Å². The lowest BCUT2D eigenvalue weighted by atomic mass is 10.5. The Morgan fingerprint density at radius 1 is 1.50 bits per heavy atom. The van der Waals surface area contributed by atoms with E-state index in [0.717, 1.165) is 15.8 Å². The molecule has 0 fully saturated rings. The maximum atomic E-state index is 10.4. The van der Waals surface area contributed by atoms with Gasteiger partial charge >= 0.3 is 5.97 Å². The van der Waals surface area contributed by atoms with Crippen molar-refractivity contribution < 1.29 is 9.90 Å². The number of aromatic nitrogens is 2. The molecule has 84 valence electrons. The third-order valence-electron chi connectivity index (χ3n) is 1.94. The molecule has 4 nitrogen and oxygen atoms in total. The highest BCUT2D eigenvalue weighted by atomic mass is 79.9. The van der Waals surface area contributed by atoms with E-state index in [1.54, 1.807) is 0 Å². The standard InChI is InChI=1S/C10H9BrN2O2S/c11-7-1-2-9-12-8(4-13(9)3-7)5-16-6-10(14)15/h1-4H,5-6H2,(H,14,15). The molecule has 2 heterocycles. The van der Waals surface area contributed by atoms with Gasteiger partial charge in [0.25, 0.3) is 0 Å². The summed E-state index contributed by atoms with van der Waals surface area (Å²) in [6.07, 6.45) is 3.84. The molecule has 0 bridgehead atoms. The number of fused-ring (bicyclic) bond motifs is 1. The molecule has 0 amide bonds. The Morgan fingerprint density at radius 2 is 2.31 bits per heavy atom. The zero-order valence-electron chi connectivity index (χ0n) is 8.26. The molecule has 1 N–H and O–H groups in total. The average Bonchev–Trinajstić information content (AvgIpc) is 2.58. The van der Waals surface area contributed by atoms with E-state index >= 15 is 0 Å². The number of aliphatic carboxylic acids is 1. The van der Waals surface area contributed by atoms with E-state index < -0.39 is 5.97 Å². The van der Waals surface area contributed by atoms with E-state index in [9.17, 15) is 4.79 Å². The molecule has 0 saturated carbocycles. The molecule has 0 aromatic carbocycles. The molecule has 0 saturated heterocycles. The maximum absolute atomic E-state index is 10.4. The maximum Gasteiger partial charge on any atom is 0.313 e. The van der Waals surface area contributed by atoms with Gasteiger partial charge in [-0.2, -0.15) is 0 Å². The monoisotopic (exact) mass is 300 g/mol. The summed E-state index contributed by atoms with van der Waals surface area (Å²) >= 11 is 4.73. The first-order valence-corrected chi connectivity index (χ1v) is 6.52. The summed E-state index contributed by atoms with van der Waals surface area (Å²) in [4.78, 5) is 14.7. The number of carboxylic acid groups (broad SMARTS) is 1.